The summed E-state index contributed by atoms with van der Waals surface area (Å²) < 4.78 is 2.36. The zero-order valence-corrected chi connectivity index (χ0v) is 14.2. The number of aromatic nitrogens is 4. The Kier molecular flexibility index (Phi) is 4.71. The Morgan fingerprint density at radius 1 is 1.32 bits per heavy atom. The molecule has 2 aromatic heterocycles. The molecule has 25 heavy (non-hydrogen) atoms. The molecule has 1 amide bonds. The zero-order chi connectivity index (χ0) is 18.0. The van der Waals surface area contributed by atoms with E-state index < -0.39 is 11.2 Å². The fourth-order valence-electron chi connectivity index (χ4n) is 2.50. The van der Waals surface area contributed by atoms with Gasteiger partial charge in [-0.1, -0.05) is 29.8 Å². The van der Waals surface area contributed by atoms with Gasteiger partial charge in [0, 0.05) is 18.6 Å². The molecule has 9 heteroatoms. The molecule has 0 fully saturated rings. The van der Waals surface area contributed by atoms with Crippen molar-refractivity contribution in [2.75, 3.05) is 6.54 Å². The smallest absolute Gasteiger partial charge is 0.329 e. The first kappa shape index (κ1) is 17.0. The normalized spacial score (nSPS) is 11.0. The second-order valence-electron chi connectivity index (χ2n) is 5.56. The molecular weight excluding hydrogens is 346 g/mol. The highest BCUT2D eigenvalue weighted by molar-refractivity contribution is 6.31. The number of benzene rings is 1. The lowest BCUT2D eigenvalue weighted by Gasteiger charge is -2.08. The molecule has 2 N–H and O–H groups in total. The number of carbonyl (C=O) groups excluding carboxylic acids is 1. The Labute approximate surface area is 147 Å². The minimum atomic E-state index is -0.549. The summed E-state index contributed by atoms with van der Waals surface area (Å²) in [4.78, 5) is 42.3. The maximum atomic E-state index is 12.2. The predicted molar refractivity (Wildman–Crippen MR) is 93.8 cm³/mol. The quantitative estimate of drug-likeness (QED) is 0.688. The van der Waals surface area contributed by atoms with Crippen molar-refractivity contribution < 1.29 is 4.79 Å². The fraction of sp³-hybridized carbons (Fsp3) is 0.250. The summed E-state index contributed by atoms with van der Waals surface area (Å²) in [7, 11) is 1.36. The lowest BCUT2D eigenvalue weighted by Crippen LogP contribution is -2.34. The Balaban J connectivity index is 1.69. The van der Waals surface area contributed by atoms with Gasteiger partial charge in [0.1, 0.15) is 6.54 Å². The molecule has 0 radical (unpaired) electrons. The SMILES string of the molecule is Cn1c(=O)[nH]c2ncn(CC(=O)NCCc3ccccc3Cl)c2c1=O. The number of H-pyrrole nitrogens is 1. The minimum absolute atomic E-state index is 0.0691. The van der Waals surface area contributed by atoms with E-state index in [0.717, 1.165) is 10.1 Å². The van der Waals surface area contributed by atoms with Gasteiger partial charge in [0.05, 0.1) is 6.33 Å². The third-order valence-electron chi connectivity index (χ3n) is 3.86. The number of carbonyl (C=O) groups is 1. The van der Waals surface area contributed by atoms with E-state index in [2.05, 4.69) is 15.3 Å². The van der Waals surface area contributed by atoms with E-state index in [1.807, 2.05) is 18.2 Å². The maximum Gasteiger partial charge on any atom is 0.329 e. The van der Waals surface area contributed by atoms with Gasteiger partial charge >= 0.3 is 5.69 Å². The van der Waals surface area contributed by atoms with Crippen LogP contribution >= 0.6 is 11.6 Å². The summed E-state index contributed by atoms with van der Waals surface area (Å²) in [6.45, 7) is 0.352. The molecule has 0 aliphatic carbocycles. The van der Waals surface area contributed by atoms with Gasteiger partial charge in [-0.05, 0) is 18.1 Å². The molecule has 3 rings (SSSR count). The molecule has 8 nitrogen and oxygen atoms in total. The molecule has 0 saturated carbocycles. The van der Waals surface area contributed by atoms with Gasteiger partial charge in [0.2, 0.25) is 5.91 Å². The number of fused-ring (bicyclic) bond motifs is 1. The monoisotopic (exact) mass is 361 g/mol. The van der Waals surface area contributed by atoms with E-state index in [0.29, 0.717) is 18.0 Å². The van der Waals surface area contributed by atoms with E-state index in [4.69, 9.17) is 11.6 Å². The number of hydrogen-bond donors (Lipinski definition) is 2. The molecule has 0 atom stereocenters. The van der Waals surface area contributed by atoms with Crippen LogP contribution in [0.3, 0.4) is 0 Å². The van der Waals surface area contributed by atoms with Crippen LogP contribution in [0.5, 0.6) is 0 Å². The fourth-order valence-corrected chi connectivity index (χ4v) is 2.73. The first-order valence-electron chi connectivity index (χ1n) is 7.61. The average molecular weight is 362 g/mol. The average Bonchev–Trinajstić information content (AvgIpc) is 2.97. The van der Waals surface area contributed by atoms with Crippen LogP contribution in [-0.4, -0.2) is 31.6 Å². The summed E-state index contributed by atoms with van der Waals surface area (Å²) in [5.74, 6) is -0.264. The second kappa shape index (κ2) is 6.94. The highest BCUT2D eigenvalue weighted by Gasteiger charge is 2.13. The van der Waals surface area contributed by atoms with Crippen LogP contribution in [0.4, 0.5) is 0 Å². The lowest BCUT2D eigenvalue weighted by molar-refractivity contribution is -0.121. The van der Waals surface area contributed by atoms with Gasteiger partial charge in [-0.2, -0.15) is 0 Å². The number of nitrogens with zero attached hydrogens (tertiary/aromatic N) is 3. The van der Waals surface area contributed by atoms with Crippen molar-refractivity contribution in [2.45, 2.75) is 13.0 Å². The first-order chi connectivity index (χ1) is 12.0. The van der Waals surface area contributed by atoms with Crippen molar-refractivity contribution in [1.29, 1.82) is 0 Å². The number of aromatic amines is 1. The third kappa shape index (κ3) is 3.48. The van der Waals surface area contributed by atoms with Crippen LogP contribution in [0.1, 0.15) is 5.56 Å². The number of halogens is 1. The van der Waals surface area contributed by atoms with Crippen LogP contribution < -0.4 is 16.6 Å². The molecule has 0 aliphatic heterocycles. The highest BCUT2D eigenvalue weighted by Crippen LogP contribution is 2.14. The Morgan fingerprint density at radius 3 is 2.84 bits per heavy atom. The van der Waals surface area contributed by atoms with Gasteiger partial charge in [-0.25, -0.2) is 9.78 Å². The first-order valence-corrected chi connectivity index (χ1v) is 7.99. The molecule has 0 spiro atoms. The van der Waals surface area contributed by atoms with E-state index in [9.17, 15) is 14.4 Å². The topological polar surface area (TPSA) is 102 Å². The number of nitrogens with one attached hydrogen (secondary N) is 2. The summed E-state index contributed by atoms with van der Waals surface area (Å²) in [6, 6.07) is 7.43. The van der Waals surface area contributed by atoms with Crippen LogP contribution in [0.15, 0.2) is 40.2 Å². The van der Waals surface area contributed by atoms with E-state index in [1.165, 1.54) is 17.9 Å². The Morgan fingerprint density at radius 2 is 2.08 bits per heavy atom. The molecule has 130 valence electrons. The van der Waals surface area contributed by atoms with E-state index in [1.54, 1.807) is 6.07 Å². The number of hydrogen-bond acceptors (Lipinski definition) is 4. The van der Waals surface area contributed by atoms with Gasteiger partial charge in [0.15, 0.2) is 11.2 Å². The largest absolute Gasteiger partial charge is 0.354 e. The van der Waals surface area contributed by atoms with E-state index in [-0.39, 0.29) is 23.6 Å². The van der Waals surface area contributed by atoms with Gasteiger partial charge in [-0.3, -0.25) is 19.1 Å². The van der Waals surface area contributed by atoms with Crippen molar-refractivity contribution in [3.05, 3.63) is 62.0 Å². The summed E-state index contributed by atoms with van der Waals surface area (Å²) in [5.41, 5.74) is 0.247. The van der Waals surface area contributed by atoms with Crippen molar-refractivity contribution in [2.24, 2.45) is 7.05 Å². The van der Waals surface area contributed by atoms with Crippen LogP contribution in [0, 0.1) is 0 Å². The molecule has 0 aliphatic rings. The minimum Gasteiger partial charge on any atom is -0.354 e. The highest BCUT2D eigenvalue weighted by atomic mass is 35.5. The molecule has 2 heterocycles. The van der Waals surface area contributed by atoms with Gasteiger partial charge in [0.25, 0.3) is 5.56 Å². The summed E-state index contributed by atoms with van der Waals surface area (Å²) in [5, 5.41) is 3.44. The summed E-state index contributed by atoms with van der Waals surface area (Å²) in [6.07, 6.45) is 1.96. The van der Waals surface area contributed by atoms with Crippen LogP contribution in [0.2, 0.25) is 5.02 Å². The summed E-state index contributed by atoms with van der Waals surface area (Å²) >= 11 is 6.07. The van der Waals surface area contributed by atoms with Crippen molar-refractivity contribution in [1.82, 2.24) is 24.4 Å². The molecular formula is C16H16ClN5O3. The molecule has 0 bridgehead atoms. The van der Waals surface area contributed by atoms with Gasteiger partial charge in [-0.15, -0.1) is 0 Å². The van der Waals surface area contributed by atoms with Crippen LogP contribution in [0.25, 0.3) is 11.2 Å². The predicted octanol–water partition coefficient (Wildman–Crippen LogP) is 0.436. The third-order valence-corrected chi connectivity index (χ3v) is 4.23. The molecule has 3 aromatic rings. The number of imidazole rings is 1. The maximum absolute atomic E-state index is 12.2. The Hall–Kier alpha value is -2.87. The lowest BCUT2D eigenvalue weighted by atomic mass is 10.1. The van der Waals surface area contributed by atoms with Crippen molar-refractivity contribution in [3.63, 3.8) is 0 Å². The molecule has 0 saturated heterocycles. The van der Waals surface area contributed by atoms with Gasteiger partial charge < -0.3 is 9.88 Å². The van der Waals surface area contributed by atoms with Crippen molar-refractivity contribution >= 4 is 28.7 Å². The Bertz CT molecular complexity index is 1050. The number of rotatable bonds is 5. The number of amides is 1. The van der Waals surface area contributed by atoms with Crippen LogP contribution in [-0.2, 0) is 24.8 Å². The van der Waals surface area contributed by atoms with Crippen molar-refractivity contribution in [3.8, 4) is 0 Å². The zero-order valence-electron chi connectivity index (χ0n) is 13.5. The molecule has 0 unspecified atom stereocenters. The van der Waals surface area contributed by atoms with E-state index >= 15 is 0 Å². The standard InChI is InChI=1S/C16H16ClN5O3/c1-21-15(24)13-14(20-16(21)25)19-9-22(13)8-12(23)18-7-6-10-4-2-3-5-11(10)17/h2-5,9H,6-8H2,1H3,(H,18,23)(H,20,25). The second-order valence-corrected chi connectivity index (χ2v) is 5.96. The molecule has 1 aromatic carbocycles.